The van der Waals surface area contributed by atoms with E-state index in [4.69, 9.17) is 5.11 Å². The van der Waals surface area contributed by atoms with Crippen molar-refractivity contribution in [2.75, 3.05) is 13.1 Å². The average molecular weight is 271 g/mol. The van der Waals surface area contributed by atoms with Gasteiger partial charge in [-0.15, -0.1) is 5.10 Å². The van der Waals surface area contributed by atoms with E-state index in [1.165, 1.54) is 4.90 Å². The van der Waals surface area contributed by atoms with Crippen molar-refractivity contribution in [3.05, 3.63) is 10.6 Å². The van der Waals surface area contributed by atoms with Crippen molar-refractivity contribution >= 4 is 23.4 Å². The number of carboxylic acids is 1. The molecule has 1 rings (SSSR count). The number of rotatable bonds is 4. The summed E-state index contributed by atoms with van der Waals surface area (Å²) in [4.78, 5) is 24.8. The van der Waals surface area contributed by atoms with Gasteiger partial charge in [0.1, 0.15) is 11.4 Å². The third-order valence-electron chi connectivity index (χ3n) is 2.12. The summed E-state index contributed by atoms with van der Waals surface area (Å²) in [6, 6.07) is 0. The molecule has 0 aliphatic rings. The molecule has 0 saturated carbocycles. The van der Waals surface area contributed by atoms with Crippen LogP contribution in [0.3, 0.4) is 0 Å². The molecule has 1 aromatic heterocycles. The van der Waals surface area contributed by atoms with Gasteiger partial charge in [0.15, 0.2) is 0 Å². The Bertz CT molecular complexity index is 451. The topological polar surface area (TPSA) is 83.4 Å². The Morgan fingerprint density at radius 3 is 2.39 bits per heavy atom. The lowest BCUT2D eigenvalue weighted by Gasteiger charge is -2.28. The molecule has 1 amide bonds. The van der Waals surface area contributed by atoms with Gasteiger partial charge in [-0.2, -0.15) is 0 Å². The maximum absolute atomic E-state index is 12.2. The lowest BCUT2D eigenvalue weighted by Crippen LogP contribution is -2.41. The monoisotopic (exact) mass is 271 g/mol. The number of nitrogens with zero attached hydrogens (tertiary/aromatic N) is 3. The molecule has 0 spiro atoms. The van der Waals surface area contributed by atoms with Crippen LogP contribution in [-0.2, 0) is 4.79 Å². The second-order valence-electron chi connectivity index (χ2n) is 5.30. The molecule has 0 aliphatic carbocycles. The average Bonchev–Trinajstić information content (AvgIpc) is 2.59. The Hall–Kier alpha value is -1.50. The predicted octanol–water partition coefficient (Wildman–Crippen LogP) is 1.42. The highest BCUT2D eigenvalue weighted by atomic mass is 32.1. The van der Waals surface area contributed by atoms with E-state index in [2.05, 4.69) is 9.59 Å². The van der Waals surface area contributed by atoms with E-state index in [1.54, 1.807) is 6.92 Å². The molecule has 0 bridgehead atoms. The highest BCUT2D eigenvalue weighted by molar-refractivity contribution is 7.07. The molecule has 0 unspecified atom stereocenters. The first-order valence-corrected chi connectivity index (χ1v) is 6.28. The van der Waals surface area contributed by atoms with E-state index < -0.39 is 5.97 Å². The SMILES string of the molecule is Cc1nnsc1C(=O)N(CC(=O)O)CC(C)(C)C. The molecule has 7 heteroatoms. The van der Waals surface area contributed by atoms with E-state index in [0.29, 0.717) is 17.1 Å². The van der Waals surface area contributed by atoms with Gasteiger partial charge in [-0.05, 0) is 23.9 Å². The summed E-state index contributed by atoms with van der Waals surface area (Å²) in [5.74, 6) is -1.34. The highest BCUT2D eigenvalue weighted by Crippen LogP contribution is 2.19. The van der Waals surface area contributed by atoms with Crippen molar-refractivity contribution < 1.29 is 14.7 Å². The largest absolute Gasteiger partial charge is 0.480 e. The molecular weight excluding hydrogens is 254 g/mol. The molecular formula is C11H17N3O3S. The number of amides is 1. The van der Waals surface area contributed by atoms with Crippen LogP contribution in [0.5, 0.6) is 0 Å². The number of hydrogen-bond donors (Lipinski definition) is 1. The van der Waals surface area contributed by atoms with E-state index in [0.717, 1.165) is 11.5 Å². The first-order valence-electron chi connectivity index (χ1n) is 5.51. The standard InChI is InChI=1S/C11H17N3O3S/c1-7-9(18-13-12-7)10(17)14(5-8(15)16)6-11(2,3)4/h5-6H2,1-4H3,(H,15,16). The van der Waals surface area contributed by atoms with Gasteiger partial charge in [-0.3, -0.25) is 9.59 Å². The summed E-state index contributed by atoms with van der Waals surface area (Å²) >= 11 is 0.994. The molecule has 0 fully saturated rings. The van der Waals surface area contributed by atoms with Crippen LogP contribution in [0, 0.1) is 12.3 Å². The number of aryl methyl sites for hydroxylation is 1. The Labute approximate surface area is 110 Å². The number of carboxylic acid groups (broad SMARTS) is 1. The Balaban J connectivity index is 2.93. The van der Waals surface area contributed by atoms with Gasteiger partial charge < -0.3 is 10.0 Å². The lowest BCUT2D eigenvalue weighted by atomic mass is 9.96. The quantitative estimate of drug-likeness (QED) is 0.895. The van der Waals surface area contributed by atoms with Gasteiger partial charge in [0.2, 0.25) is 0 Å². The van der Waals surface area contributed by atoms with Crippen LogP contribution in [-0.4, -0.2) is 44.6 Å². The molecule has 1 aromatic rings. The van der Waals surface area contributed by atoms with E-state index >= 15 is 0 Å². The summed E-state index contributed by atoms with van der Waals surface area (Å²) in [5, 5.41) is 12.6. The number of hydrogen-bond acceptors (Lipinski definition) is 5. The molecule has 0 aliphatic heterocycles. The Morgan fingerprint density at radius 2 is 2.00 bits per heavy atom. The van der Waals surface area contributed by atoms with Crippen molar-refractivity contribution in [3.63, 3.8) is 0 Å². The van der Waals surface area contributed by atoms with Crippen LogP contribution < -0.4 is 0 Å². The fourth-order valence-corrected chi connectivity index (χ4v) is 2.13. The minimum Gasteiger partial charge on any atom is -0.480 e. The smallest absolute Gasteiger partial charge is 0.323 e. The molecule has 18 heavy (non-hydrogen) atoms. The fourth-order valence-electron chi connectivity index (χ4n) is 1.51. The first kappa shape index (κ1) is 14.6. The van der Waals surface area contributed by atoms with Crippen molar-refractivity contribution in [3.8, 4) is 0 Å². The van der Waals surface area contributed by atoms with Gasteiger partial charge in [0, 0.05) is 6.54 Å². The molecule has 1 heterocycles. The molecule has 6 nitrogen and oxygen atoms in total. The second-order valence-corrected chi connectivity index (χ2v) is 6.06. The number of carbonyl (C=O) groups excluding carboxylic acids is 1. The van der Waals surface area contributed by atoms with E-state index in [1.807, 2.05) is 20.8 Å². The molecule has 0 aromatic carbocycles. The van der Waals surface area contributed by atoms with Crippen molar-refractivity contribution in [2.45, 2.75) is 27.7 Å². The lowest BCUT2D eigenvalue weighted by molar-refractivity contribution is -0.138. The van der Waals surface area contributed by atoms with Gasteiger partial charge in [-0.1, -0.05) is 25.3 Å². The zero-order chi connectivity index (χ0) is 13.9. The molecule has 100 valence electrons. The van der Waals surface area contributed by atoms with Crippen LogP contribution in [0.4, 0.5) is 0 Å². The third kappa shape index (κ3) is 4.06. The maximum atomic E-state index is 12.2. The third-order valence-corrected chi connectivity index (χ3v) is 2.94. The minimum absolute atomic E-state index is 0.170. The fraction of sp³-hybridized carbons (Fsp3) is 0.636. The van der Waals surface area contributed by atoms with E-state index in [-0.39, 0.29) is 17.9 Å². The van der Waals surface area contributed by atoms with Gasteiger partial charge in [0.25, 0.3) is 5.91 Å². The summed E-state index contributed by atoms with van der Waals surface area (Å²) in [7, 11) is 0. The molecule has 0 atom stereocenters. The van der Waals surface area contributed by atoms with Gasteiger partial charge in [0.05, 0.1) is 5.69 Å². The minimum atomic E-state index is -1.03. The molecule has 0 saturated heterocycles. The van der Waals surface area contributed by atoms with Crippen molar-refractivity contribution in [1.82, 2.24) is 14.5 Å². The molecule has 1 N–H and O–H groups in total. The number of carbonyl (C=O) groups is 2. The Kier molecular flexibility index (Phi) is 4.39. The van der Waals surface area contributed by atoms with Crippen molar-refractivity contribution in [2.24, 2.45) is 5.41 Å². The first-order chi connectivity index (χ1) is 8.20. The van der Waals surface area contributed by atoms with Crippen LogP contribution in [0.1, 0.15) is 36.1 Å². The van der Waals surface area contributed by atoms with Crippen LogP contribution >= 0.6 is 11.5 Å². The van der Waals surface area contributed by atoms with Gasteiger partial charge in [-0.25, -0.2) is 0 Å². The van der Waals surface area contributed by atoms with E-state index in [9.17, 15) is 9.59 Å². The number of aliphatic carboxylic acids is 1. The number of aromatic nitrogens is 2. The maximum Gasteiger partial charge on any atom is 0.323 e. The van der Waals surface area contributed by atoms with Crippen LogP contribution in [0.15, 0.2) is 0 Å². The predicted molar refractivity (Wildman–Crippen MR) is 67.6 cm³/mol. The Morgan fingerprint density at radius 1 is 1.39 bits per heavy atom. The zero-order valence-corrected chi connectivity index (χ0v) is 11.7. The van der Waals surface area contributed by atoms with Gasteiger partial charge >= 0.3 is 5.97 Å². The zero-order valence-electron chi connectivity index (χ0n) is 10.9. The summed E-state index contributed by atoms with van der Waals surface area (Å²) in [6.07, 6.45) is 0. The summed E-state index contributed by atoms with van der Waals surface area (Å²) < 4.78 is 3.70. The second kappa shape index (κ2) is 5.43. The normalized spacial score (nSPS) is 11.3. The summed E-state index contributed by atoms with van der Waals surface area (Å²) in [5.41, 5.74) is 0.367. The summed E-state index contributed by atoms with van der Waals surface area (Å²) in [6.45, 7) is 7.60. The van der Waals surface area contributed by atoms with Crippen molar-refractivity contribution in [1.29, 1.82) is 0 Å². The highest BCUT2D eigenvalue weighted by Gasteiger charge is 2.26. The molecule has 0 radical (unpaired) electrons. The van der Waals surface area contributed by atoms with Crippen LogP contribution in [0.2, 0.25) is 0 Å². The van der Waals surface area contributed by atoms with Crippen LogP contribution in [0.25, 0.3) is 0 Å².